The number of rotatable bonds is 9. The fourth-order valence-corrected chi connectivity index (χ4v) is 10.9. The quantitative estimate of drug-likeness (QED) is 0.133. The molecule has 0 bridgehead atoms. The van der Waals surface area contributed by atoms with Crippen molar-refractivity contribution in [3.8, 4) is 91.0 Å². The highest BCUT2D eigenvalue weighted by Gasteiger charge is 2.40. The summed E-state index contributed by atoms with van der Waals surface area (Å²) in [5.41, 5.74) is 9.35. The van der Waals surface area contributed by atoms with Crippen LogP contribution >= 0.6 is 0 Å². The Labute approximate surface area is 389 Å². The van der Waals surface area contributed by atoms with Crippen LogP contribution in [0.25, 0.3) is 79.5 Å². The van der Waals surface area contributed by atoms with E-state index in [1.807, 2.05) is 97.1 Å². The number of hydrogen-bond donors (Lipinski definition) is 0. The smallest absolute Gasteiger partial charge is 0.167 e. The fourth-order valence-electron chi connectivity index (χ4n) is 8.59. The van der Waals surface area contributed by atoms with E-state index in [0.717, 1.165) is 67.1 Å². The monoisotopic (exact) mass is 892 g/mol. The van der Waals surface area contributed by atoms with Gasteiger partial charge >= 0.3 is 0 Å². The molecular weight excluding hydrogens is 841 g/mol. The van der Waals surface area contributed by atoms with Gasteiger partial charge in [-0.05, 0) is 17.7 Å². The summed E-state index contributed by atoms with van der Waals surface area (Å²) < 4.78 is 7.50. The molecule has 0 saturated heterocycles. The maximum absolute atomic E-state index is 7.50. The van der Waals surface area contributed by atoms with Crippen molar-refractivity contribution in [1.29, 1.82) is 0 Å². The molecule has 0 saturated carbocycles. The highest BCUT2D eigenvalue weighted by molar-refractivity contribution is 6.89. The van der Waals surface area contributed by atoms with Crippen LogP contribution in [0.1, 0.15) is 25.0 Å². The second-order valence-electron chi connectivity index (χ2n) is 19.7. The zero-order chi connectivity index (χ0) is 45.8. The van der Waals surface area contributed by atoms with Crippen LogP contribution in [-0.2, 0) is 5.41 Å². The van der Waals surface area contributed by atoms with Gasteiger partial charge in [0.15, 0.2) is 34.9 Å². The third-order valence-electron chi connectivity index (χ3n) is 12.5. The first-order chi connectivity index (χ1) is 31.7. The zero-order valence-corrected chi connectivity index (χ0v) is 40.8. The molecule has 3 heterocycles. The summed E-state index contributed by atoms with van der Waals surface area (Å²) in [5.74, 6) is 5.27. The van der Waals surface area contributed by atoms with Crippen molar-refractivity contribution in [3.63, 3.8) is 0 Å². The molecule has 66 heavy (non-hydrogen) atoms. The van der Waals surface area contributed by atoms with E-state index in [1.165, 1.54) is 10.4 Å². The summed E-state index contributed by atoms with van der Waals surface area (Å²) in [6, 6.07) is 58.6. The van der Waals surface area contributed by atoms with Gasteiger partial charge < -0.3 is 4.74 Å². The lowest BCUT2D eigenvalue weighted by atomic mass is 9.74. The van der Waals surface area contributed by atoms with Crippen LogP contribution in [0.15, 0.2) is 170 Å². The van der Waals surface area contributed by atoms with Crippen molar-refractivity contribution < 1.29 is 4.74 Å². The SMILES string of the molecule is CC1(C)c2cc([Si](C)(C)C)cc(-c3cccc(-c4nc(-c5ccccc5)nc(-c5ccccc5)n4)c3)c2Oc2c(-c3nc(-c4ccccc4)nc(-c4ccccc4)n3)cc([Si](C)(C)C)cc21. The second-order valence-corrected chi connectivity index (χ2v) is 29.8. The van der Waals surface area contributed by atoms with Gasteiger partial charge in [-0.2, -0.15) is 0 Å². The van der Waals surface area contributed by atoms with Crippen molar-refractivity contribution in [2.24, 2.45) is 0 Å². The third-order valence-corrected chi connectivity index (χ3v) is 16.6. The van der Waals surface area contributed by atoms with Gasteiger partial charge in [0.05, 0.1) is 21.7 Å². The standard InChI is InChI=1S/C57H52N6OSi2/c1-57(2)47-35-43(65(3,4)5)33-45(41-30-21-31-42(32-41)55-60-51(37-22-13-9-14-23-37)58-52(61-55)38-24-15-10-16-25-38)49(47)64-50-46(34-44(36-48(50)57)66(6,7)8)56-62-53(39-26-17-11-18-27-39)59-54(63-56)40-28-19-12-20-29-40/h9-36H,1-8H3. The maximum Gasteiger partial charge on any atom is 0.167 e. The Morgan fingerprint density at radius 1 is 0.333 bits per heavy atom. The summed E-state index contributed by atoms with van der Waals surface area (Å²) in [5, 5.41) is 2.68. The Bertz CT molecular complexity index is 3140. The number of fused-ring (bicyclic) bond motifs is 2. The van der Waals surface area contributed by atoms with Crippen LogP contribution in [-0.4, -0.2) is 46.1 Å². The molecular formula is C57H52N6OSi2. The lowest BCUT2D eigenvalue weighted by molar-refractivity contribution is 0.421. The van der Waals surface area contributed by atoms with Crippen molar-refractivity contribution in [1.82, 2.24) is 29.9 Å². The van der Waals surface area contributed by atoms with E-state index in [2.05, 4.69) is 126 Å². The molecule has 9 heteroatoms. The van der Waals surface area contributed by atoms with E-state index in [0.29, 0.717) is 34.9 Å². The Hall–Kier alpha value is -7.21. The first-order valence-electron chi connectivity index (χ1n) is 22.6. The molecule has 0 N–H and O–H groups in total. The molecule has 7 nitrogen and oxygen atoms in total. The van der Waals surface area contributed by atoms with Crippen LogP contribution < -0.4 is 15.1 Å². The normalized spacial score (nSPS) is 13.1. The Morgan fingerprint density at radius 3 is 1.05 bits per heavy atom. The summed E-state index contributed by atoms with van der Waals surface area (Å²) >= 11 is 0. The number of ether oxygens (including phenoxy) is 1. The zero-order valence-electron chi connectivity index (χ0n) is 38.8. The van der Waals surface area contributed by atoms with Crippen molar-refractivity contribution in [2.45, 2.75) is 58.5 Å². The van der Waals surface area contributed by atoms with Gasteiger partial charge in [-0.3, -0.25) is 0 Å². The van der Waals surface area contributed by atoms with Crippen molar-refractivity contribution >= 4 is 26.5 Å². The van der Waals surface area contributed by atoms with E-state index in [4.69, 9.17) is 34.6 Å². The largest absolute Gasteiger partial charge is 0.455 e. The highest BCUT2D eigenvalue weighted by atomic mass is 28.3. The first-order valence-corrected chi connectivity index (χ1v) is 29.6. The minimum Gasteiger partial charge on any atom is -0.455 e. The summed E-state index contributed by atoms with van der Waals surface area (Å²) in [6.45, 7) is 19.1. The summed E-state index contributed by atoms with van der Waals surface area (Å²) in [6.07, 6.45) is 0. The predicted octanol–water partition coefficient (Wildman–Crippen LogP) is 13.2. The van der Waals surface area contributed by atoms with E-state index in [9.17, 15) is 0 Å². The van der Waals surface area contributed by atoms with Gasteiger partial charge in [-0.15, -0.1) is 0 Å². The molecule has 0 atom stereocenters. The average molecular weight is 893 g/mol. The van der Waals surface area contributed by atoms with Crippen LogP contribution in [0, 0.1) is 0 Å². The lowest BCUT2D eigenvalue weighted by Crippen LogP contribution is -2.41. The van der Waals surface area contributed by atoms with Crippen molar-refractivity contribution in [3.05, 3.63) is 181 Å². The second kappa shape index (κ2) is 16.7. The van der Waals surface area contributed by atoms with Gasteiger partial charge in [0.25, 0.3) is 0 Å². The maximum atomic E-state index is 7.50. The van der Waals surface area contributed by atoms with E-state index in [-0.39, 0.29) is 0 Å². The van der Waals surface area contributed by atoms with Crippen molar-refractivity contribution in [2.75, 3.05) is 0 Å². The molecule has 0 amide bonds. The lowest BCUT2D eigenvalue weighted by Gasteiger charge is -2.39. The number of hydrogen-bond acceptors (Lipinski definition) is 7. The minimum absolute atomic E-state index is 0.448. The van der Waals surface area contributed by atoms with E-state index < -0.39 is 21.6 Å². The molecule has 0 spiro atoms. The molecule has 10 rings (SSSR count). The molecule has 0 fully saturated rings. The third kappa shape index (κ3) is 8.20. The molecule has 0 radical (unpaired) electrons. The van der Waals surface area contributed by atoms with E-state index >= 15 is 0 Å². The molecule has 9 aromatic rings. The van der Waals surface area contributed by atoms with Gasteiger partial charge in [-0.25, -0.2) is 29.9 Å². The number of benzene rings is 7. The Kier molecular flexibility index (Phi) is 10.8. The van der Waals surface area contributed by atoms with Crippen LogP contribution in [0.3, 0.4) is 0 Å². The summed E-state index contributed by atoms with van der Waals surface area (Å²) in [4.78, 5) is 30.7. The van der Waals surface area contributed by atoms with Crippen LogP contribution in [0.5, 0.6) is 11.5 Å². The Morgan fingerprint density at radius 2 is 0.652 bits per heavy atom. The number of aromatic nitrogens is 6. The van der Waals surface area contributed by atoms with Gasteiger partial charge in [0, 0.05) is 49.9 Å². The Balaban J connectivity index is 1.19. The molecule has 1 aliphatic heterocycles. The van der Waals surface area contributed by atoms with E-state index in [1.54, 1.807) is 0 Å². The fraction of sp³-hybridized carbons (Fsp3) is 0.158. The van der Waals surface area contributed by atoms with Gasteiger partial charge in [0.1, 0.15) is 11.5 Å². The predicted molar refractivity (Wildman–Crippen MR) is 276 cm³/mol. The van der Waals surface area contributed by atoms with Gasteiger partial charge in [0.2, 0.25) is 0 Å². The molecule has 0 unspecified atom stereocenters. The first kappa shape index (κ1) is 42.7. The summed E-state index contributed by atoms with van der Waals surface area (Å²) in [7, 11) is -3.77. The highest BCUT2D eigenvalue weighted by Crippen LogP contribution is 2.54. The average Bonchev–Trinajstić information content (AvgIpc) is 3.34. The molecule has 7 aromatic carbocycles. The minimum atomic E-state index is -1.90. The molecule has 0 aliphatic carbocycles. The van der Waals surface area contributed by atoms with Crippen LogP contribution in [0.2, 0.25) is 39.3 Å². The number of nitrogens with zero attached hydrogens (tertiary/aromatic N) is 6. The molecule has 1 aliphatic rings. The molecule has 324 valence electrons. The van der Waals surface area contributed by atoms with Gasteiger partial charge in [-0.1, -0.05) is 221 Å². The molecule has 2 aromatic heterocycles. The topological polar surface area (TPSA) is 86.6 Å². The van der Waals surface area contributed by atoms with Crippen LogP contribution in [0.4, 0.5) is 0 Å².